The van der Waals surface area contributed by atoms with Crippen molar-refractivity contribution in [3.8, 4) is 5.75 Å². The summed E-state index contributed by atoms with van der Waals surface area (Å²) in [6.45, 7) is 0.354. The van der Waals surface area contributed by atoms with Crippen molar-refractivity contribution in [2.75, 3.05) is 11.1 Å². The molecule has 0 bridgehead atoms. The number of rotatable bonds is 4. The minimum Gasteiger partial charge on any atom is -0.489 e. The van der Waals surface area contributed by atoms with E-state index < -0.39 is 0 Å². The van der Waals surface area contributed by atoms with Crippen LogP contribution in [0.4, 0.5) is 10.9 Å². The van der Waals surface area contributed by atoms with Gasteiger partial charge >= 0.3 is 0 Å². The number of thiazole rings is 1. The van der Waals surface area contributed by atoms with E-state index in [1.165, 1.54) is 11.3 Å². The fraction of sp³-hybridized carbons (Fsp3) is 0.158. The van der Waals surface area contributed by atoms with Gasteiger partial charge in [-0.05, 0) is 12.1 Å². The smallest absolute Gasteiger partial charge is 0.226 e. The molecule has 1 aliphatic rings. The predicted molar refractivity (Wildman–Crippen MR) is 104 cm³/mol. The number of aromatic nitrogens is 1. The lowest BCUT2D eigenvalue weighted by Gasteiger charge is -2.23. The lowest BCUT2D eigenvalue weighted by atomic mass is 9.91. The van der Waals surface area contributed by atoms with E-state index in [0.717, 1.165) is 21.8 Å². The lowest BCUT2D eigenvalue weighted by Crippen LogP contribution is -2.23. The summed E-state index contributed by atoms with van der Waals surface area (Å²) in [5.41, 5.74) is 7.70. The molecule has 1 aromatic heterocycles. The van der Waals surface area contributed by atoms with Crippen LogP contribution in [0.25, 0.3) is 0 Å². The van der Waals surface area contributed by atoms with Gasteiger partial charge < -0.3 is 15.8 Å². The number of benzene rings is 2. The van der Waals surface area contributed by atoms with Crippen molar-refractivity contribution >= 4 is 39.8 Å². The van der Waals surface area contributed by atoms with Crippen LogP contribution in [0.5, 0.6) is 5.75 Å². The van der Waals surface area contributed by atoms with Gasteiger partial charge in [-0.25, -0.2) is 4.98 Å². The molecule has 0 saturated carbocycles. The van der Waals surface area contributed by atoms with Crippen molar-refractivity contribution in [1.29, 1.82) is 0 Å². The molecule has 1 aliphatic heterocycles. The second-order valence-corrected chi connectivity index (χ2v) is 7.46. The molecular weight excluding hydrogens is 370 g/mol. The fourth-order valence-corrected chi connectivity index (χ4v) is 4.16. The Morgan fingerprint density at radius 2 is 2.00 bits per heavy atom. The molecule has 132 valence electrons. The second-order valence-electron chi connectivity index (χ2n) is 5.99. The SMILES string of the molecule is Nc1nc2c(s1)[C@H](c1ccccc1OCc1ccccc1Cl)CC(=O)N2. The number of nitrogens with zero attached hydrogens (tertiary/aromatic N) is 1. The third kappa shape index (κ3) is 3.25. The van der Waals surface area contributed by atoms with Gasteiger partial charge in [0.25, 0.3) is 0 Å². The Hall–Kier alpha value is -2.57. The van der Waals surface area contributed by atoms with Crippen molar-refractivity contribution in [2.24, 2.45) is 0 Å². The lowest BCUT2D eigenvalue weighted by molar-refractivity contribution is -0.116. The first-order valence-electron chi connectivity index (χ1n) is 8.13. The van der Waals surface area contributed by atoms with Gasteiger partial charge in [0.05, 0.1) is 4.88 Å². The number of hydrogen-bond donors (Lipinski definition) is 2. The number of hydrogen-bond acceptors (Lipinski definition) is 5. The maximum absolute atomic E-state index is 12.1. The summed E-state index contributed by atoms with van der Waals surface area (Å²) in [4.78, 5) is 17.3. The number of carbonyl (C=O) groups excluding carboxylic acids is 1. The van der Waals surface area contributed by atoms with Gasteiger partial charge in [-0.1, -0.05) is 59.3 Å². The van der Waals surface area contributed by atoms with Gasteiger partial charge in [0.1, 0.15) is 18.2 Å². The van der Waals surface area contributed by atoms with Gasteiger partial charge in [-0.3, -0.25) is 4.79 Å². The topological polar surface area (TPSA) is 77.2 Å². The van der Waals surface area contributed by atoms with E-state index in [-0.39, 0.29) is 11.8 Å². The highest BCUT2D eigenvalue weighted by atomic mass is 35.5. The summed E-state index contributed by atoms with van der Waals surface area (Å²) in [6, 6.07) is 15.3. The Kier molecular flexibility index (Phi) is 4.53. The van der Waals surface area contributed by atoms with Crippen LogP contribution in [0.1, 0.15) is 28.3 Å². The van der Waals surface area contributed by atoms with E-state index in [1.54, 1.807) is 0 Å². The Morgan fingerprint density at radius 1 is 1.23 bits per heavy atom. The average molecular weight is 386 g/mol. The van der Waals surface area contributed by atoms with Gasteiger partial charge in [0, 0.05) is 28.5 Å². The molecule has 1 amide bonds. The van der Waals surface area contributed by atoms with E-state index in [1.807, 2.05) is 48.5 Å². The molecule has 0 spiro atoms. The summed E-state index contributed by atoms with van der Waals surface area (Å²) < 4.78 is 6.05. The summed E-state index contributed by atoms with van der Waals surface area (Å²) in [6.07, 6.45) is 0.334. The Balaban J connectivity index is 1.66. The summed E-state index contributed by atoms with van der Waals surface area (Å²) in [5.74, 6) is 1.07. The Morgan fingerprint density at radius 3 is 2.85 bits per heavy atom. The van der Waals surface area contributed by atoms with Crippen molar-refractivity contribution in [2.45, 2.75) is 18.9 Å². The molecule has 0 unspecified atom stereocenters. The van der Waals surface area contributed by atoms with Crippen molar-refractivity contribution in [3.05, 3.63) is 69.6 Å². The standard InChI is InChI=1S/C19H16ClN3O2S/c20-14-7-3-1-5-11(14)10-25-15-8-4-2-6-12(15)13-9-16(24)22-18-17(13)26-19(21)23-18/h1-8,13H,9-10H2,(H2,21,23)(H,22,24)/t13-/m0/s1. The van der Waals surface area contributed by atoms with Crippen LogP contribution < -0.4 is 15.8 Å². The minimum atomic E-state index is -0.129. The van der Waals surface area contributed by atoms with Gasteiger partial charge in [0.2, 0.25) is 5.91 Å². The zero-order valence-corrected chi connectivity index (χ0v) is 15.3. The predicted octanol–water partition coefficient (Wildman–Crippen LogP) is 4.43. The summed E-state index contributed by atoms with van der Waals surface area (Å²) in [5, 5.41) is 3.89. The number of nitrogen functional groups attached to an aromatic ring is 1. The van der Waals surface area contributed by atoms with E-state index >= 15 is 0 Å². The number of halogens is 1. The largest absolute Gasteiger partial charge is 0.489 e. The van der Waals surface area contributed by atoms with Crippen molar-refractivity contribution < 1.29 is 9.53 Å². The minimum absolute atomic E-state index is 0.0753. The molecule has 26 heavy (non-hydrogen) atoms. The van der Waals surface area contributed by atoms with Crippen molar-refractivity contribution in [1.82, 2.24) is 4.98 Å². The van der Waals surface area contributed by atoms with Crippen LogP contribution in [0.3, 0.4) is 0 Å². The quantitative estimate of drug-likeness (QED) is 0.696. The Labute approximate surface area is 159 Å². The number of nitrogens with two attached hydrogens (primary N) is 1. The number of amides is 1. The molecule has 3 N–H and O–H groups in total. The molecule has 2 heterocycles. The zero-order valence-electron chi connectivity index (χ0n) is 13.7. The molecule has 4 rings (SSSR count). The van der Waals surface area contributed by atoms with Crippen LogP contribution in [-0.4, -0.2) is 10.9 Å². The summed E-state index contributed by atoms with van der Waals surface area (Å²) >= 11 is 7.61. The zero-order chi connectivity index (χ0) is 18.1. The Bertz CT molecular complexity index is 973. The number of carbonyl (C=O) groups is 1. The number of anilines is 2. The molecule has 5 nitrogen and oxygen atoms in total. The highest BCUT2D eigenvalue weighted by Gasteiger charge is 2.31. The molecule has 0 radical (unpaired) electrons. The van der Waals surface area contributed by atoms with E-state index in [4.69, 9.17) is 22.1 Å². The monoisotopic (exact) mass is 385 g/mol. The van der Waals surface area contributed by atoms with Crippen LogP contribution in [0.2, 0.25) is 5.02 Å². The van der Waals surface area contributed by atoms with E-state index in [9.17, 15) is 4.79 Å². The van der Waals surface area contributed by atoms with E-state index in [2.05, 4.69) is 10.3 Å². The van der Waals surface area contributed by atoms with Gasteiger partial charge in [-0.15, -0.1) is 0 Å². The van der Waals surface area contributed by atoms with Crippen LogP contribution in [-0.2, 0) is 11.4 Å². The molecular formula is C19H16ClN3O2S. The first kappa shape index (κ1) is 16.9. The first-order valence-corrected chi connectivity index (χ1v) is 9.32. The molecule has 0 aliphatic carbocycles. The first-order chi connectivity index (χ1) is 12.6. The molecule has 0 saturated heterocycles. The van der Waals surface area contributed by atoms with Gasteiger partial charge in [-0.2, -0.15) is 0 Å². The maximum Gasteiger partial charge on any atom is 0.226 e. The molecule has 2 aromatic carbocycles. The van der Waals surface area contributed by atoms with E-state index in [0.29, 0.717) is 29.0 Å². The molecule has 0 fully saturated rings. The normalized spacial score (nSPS) is 16.0. The fourth-order valence-electron chi connectivity index (χ4n) is 3.06. The highest BCUT2D eigenvalue weighted by Crippen LogP contribution is 2.44. The number of ether oxygens (including phenoxy) is 1. The highest BCUT2D eigenvalue weighted by molar-refractivity contribution is 7.16. The molecule has 7 heteroatoms. The van der Waals surface area contributed by atoms with Crippen LogP contribution in [0, 0.1) is 0 Å². The second kappa shape index (κ2) is 6.97. The van der Waals surface area contributed by atoms with Gasteiger partial charge in [0.15, 0.2) is 5.13 Å². The van der Waals surface area contributed by atoms with Crippen LogP contribution in [0.15, 0.2) is 48.5 Å². The van der Waals surface area contributed by atoms with Crippen molar-refractivity contribution in [3.63, 3.8) is 0 Å². The molecule has 1 atom stereocenters. The summed E-state index contributed by atoms with van der Waals surface area (Å²) in [7, 11) is 0. The van der Waals surface area contributed by atoms with Crippen LogP contribution >= 0.6 is 22.9 Å². The number of nitrogens with one attached hydrogen (secondary N) is 1. The number of fused-ring (bicyclic) bond motifs is 1. The number of para-hydroxylation sites is 1. The third-order valence-corrected chi connectivity index (χ3v) is 5.64. The average Bonchev–Trinajstić information content (AvgIpc) is 3.00. The maximum atomic E-state index is 12.1. The molecule has 3 aromatic rings. The third-order valence-electron chi connectivity index (χ3n) is 4.27.